The van der Waals surface area contributed by atoms with Crippen molar-refractivity contribution in [3.05, 3.63) is 58.9 Å². The average molecular weight is 661 g/mol. The second-order valence-electron chi connectivity index (χ2n) is 13.1. The summed E-state index contributed by atoms with van der Waals surface area (Å²) in [6, 6.07) is 6.10. The van der Waals surface area contributed by atoms with Crippen LogP contribution in [-0.4, -0.2) is 25.9 Å². The molecule has 2 aromatic carbocycles. The molecule has 2 aromatic rings. The highest BCUT2D eigenvalue weighted by molar-refractivity contribution is 5.35. The molecule has 0 radical (unpaired) electrons. The molecular formula is C35H43F7O4. The summed E-state index contributed by atoms with van der Waals surface area (Å²) in [6.07, 6.45) is 5.23. The van der Waals surface area contributed by atoms with Gasteiger partial charge in [0.05, 0.1) is 19.1 Å². The van der Waals surface area contributed by atoms with Crippen molar-refractivity contribution in [2.45, 2.75) is 109 Å². The van der Waals surface area contributed by atoms with E-state index in [-0.39, 0.29) is 30.5 Å². The van der Waals surface area contributed by atoms with Gasteiger partial charge < -0.3 is 18.9 Å². The minimum Gasteiger partial charge on any atom is -0.432 e. The smallest absolute Gasteiger partial charge is 0.400 e. The van der Waals surface area contributed by atoms with E-state index < -0.39 is 48.1 Å². The maximum Gasteiger partial charge on any atom is 0.400 e. The van der Waals surface area contributed by atoms with E-state index in [1.54, 1.807) is 0 Å². The third kappa shape index (κ3) is 8.68. The molecule has 3 aliphatic rings. The van der Waals surface area contributed by atoms with Crippen LogP contribution in [0.3, 0.4) is 0 Å². The molecule has 2 saturated carbocycles. The third-order valence-corrected chi connectivity index (χ3v) is 10.0. The van der Waals surface area contributed by atoms with Gasteiger partial charge in [0.1, 0.15) is 11.6 Å². The summed E-state index contributed by atoms with van der Waals surface area (Å²) in [5.41, 5.74) is 1.38. The highest BCUT2D eigenvalue weighted by atomic mass is 19.3. The lowest BCUT2D eigenvalue weighted by molar-refractivity contribution is -0.224. The van der Waals surface area contributed by atoms with E-state index in [1.165, 1.54) is 18.9 Å². The van der Waals surface area contributed by atoms with E-state index in [2.05, 4.69) is 16.4 Å². The summed E-state index contributed by atoms with van der Waals surface area (Å²) < 4.78 is 118. The van der Waals surface area contributed by atoms with Gasteiger partial charge in [0.2, 0.25) is 0 Å². The minimum atomic E-state index is -3.69. The quantitative estimate of drug-likeness (QED) is 0.168. The molecule has 46 heavy (non-hydrogen) atoms. The van der Waals surface area contributed by atoms with Gasteiger partial charge in [-0.2, -0.15) is 17.6 Å². The van der Waals surface area contributed by atoms with Crippen molar-refractivity contribution in [3.8, 4) is 11.5 Å². The first-order valence-corrected chi connectivity index (χ1v) is 16.6. The summed E-state index contributed by atoms with van der Waals surface area (Å²) in [5, 5.41) is 0. The largest absolute Gasteiger partial charge is 0.432 e. The molecule has 5 rings (SSSR count). The summed E-state index contributed by atoms with van der Waals surface area (Å²) in [5.74, 6) is -5.59. The van der Waals surface area contributed by atoms with Gasteiger partial charge in [-0.3, -0.25) is 0 Å². The molecule has 0 bridgehead atoms. The molecule has 0 N–H and O–H groups in total. The standard InChI is InChI=1S/C35H43F7O4/c1-2-3-4-5-21-19-43-33(44-20-21)25-12-15-28(29(36)16-25)24-8-6-22(7-9-24)23-10-13-26(14-11-23)35(41,42)46-27-17-30(37)32(31(38)18-27)45-34(39)40/h12,15-18,21-24,26,33-34H,2-11,13-14,19-20H2,1H3. The summed E-state index contributed by atoms with van der Waals surface area (Å²) in [7, 11) is 0. The molecule has 1 aliphatic heterocycles. The van der Waals surface area contributed by atoms with E-state index in [4.69, 9.17) is 9.47 Å². The highest BCUT2D eigenvalue weighted by Gasteiger charge is 2.45. The molecular weight excluding hydrogens is 617 g/mol. The molecule has 4 nitrogen and oxygen atoms in total. The van der Waals surface area contributed by atoms with Crippen molar-refractivity contribution in [2.24, 2.45) is 23.7 Å². The fourth-order valence-corrected chi connectivity index (χ4v) is 7.47. The molecule has 1 saturated heterocycles. The number of hydrogen-bond donors (Lipinski definition) is 0. The first kappa shape index (κ1) is 34.8. The predicted octanol–water partition coefficient (Wildman–Crippen LogP) is 10.7. The zero-order valence-corrected chi connectivity index (χ0v) is 26.1. The Morgan fingerprint density at radius 2 is 1.41 bits per heavy atom. The van der Waals surface area contributed by atoms with Gasteiger partial charge in [0.25, 0.3) is 0 Å². The predicted molar refractivity (Wildman–Crippen MR) is 157 cm³/mol. The Morgan fingerprint density at radius 1 is 0.804 bits per heavy atom. The average Bonchev–Trinajstić information content (AvgIpc) is 3.03. The van der Waals surface area contributed by atoms with Crippen molar-refractivity contribution in [2.75, 3.05) is 13.2 Å². The Bertz CT molecular complexity index is 1240. The van der Waals surface area contributed by atoms with E-state index in [0.29, 0.717) is 61.2 Å². The van der Waals surface area contributed by atoms with Crippen LogP contribution in [0.2, 0.25) is 0 Å². The van der Waals surface area contributed by atoms with Crippen molar-refractivity contribution < 1.29 is 49.7 Å². The Kier molecular flexibility index (Phi) is 11.8. The zero-order chi connectivity index (χ0) is 32.8. The number of hydrogen-bond acceptors (Lipinski definition) is 4. The lowest BCUT2D eigenvalue weighted by Crippen LogP contribution is -2.38. The van der Waals surface area contributed by atoms with Gasteiger partial charge >= 0.3 is 12.7 Å². The number of rotatable bonds is 12. The van der Waals surface area contributed by atoms with Crippen molar-refractivity contribution in [1.29, 1.82) is 0 Å². The normalized spacial score (nSPS) is 27.5. The second-order valence-corrected chi connectivity index (χ2v) is 13.1. The highest BCUT2D eigenvalue weighted by Crippen LogP contribution is 2.47. The number of halogens is 7. The topological polar surface area (TPSA) is 36.9 Å². The third-order valence-electron chi connectivity index (χ3n) is 10.0. The van der Waals surface area contributed by atoms with Crippen LogP contribution in [0.15, 0.2) is 30.3 Å². The molecule has 1 heterocycles. The van der Waals surface area contributed by atoms with Crippen LogP contribution in [0.1, 0.15) is 107 Å². The van der Waals surface area contributed by atoms with Gasteiger partial charge in [0.15, 0.2) is 23.7 Å². The van der Waals surface area contributed by atoms with Gasteiger partial charge in [-0.1, -0.05) is 38.3 Å². The van der Waals surface area contributed by atoms with Gasteiger partial charge in [0, 0.05) is 23.6 Å². The van der Waals surface area contributed by atoms with Gasteiger partial charge in [-0.05, 0) is 87.2 Å². The first-order valence-electron chi connectivity index (χ1n) is 16.6. The summed E-state index contributed by atoms with van der Waals surface area (Å²) in [4.78, 5) is 0. The number of benzene rings is 2. The minimum absolute atomic E-state index is 0.0915. The molecule has 256 valence electrons. The Balaban J connectivity index is 1.07. The van der Waals surface area contributed by atoms with Crippen LogP contribution in [0.5, 0.6) is 11.5 Å². The zero-order valence-electron chi connectivity index (χ0n) is 26.1. The Labute approximate surface area is 265 Å². The maximum atomic E-state index is 15.3. The summed E-state index contributed by atoms with van der Waals surface area (Å²) in [6.45, 7) is -0.0682. The fraction of sp³-hybridized carbons (Fsp3) is 0.657. The van der Waals surface area contributed by atoms with Crippen LogP contribution in [-0.2, 0) is 9.47 Å². The van der Waals surface area contributed by atoms with E-state index in [1.807, 2.05) is 12.1 Å². The van der Waals surface area contributed by atoms with Crippen LogP contribution in [0.4, 0.5) is 30.7 Å². The first-order chi connectivity index (χ1) is 22.0. The lowest BCUT2D eigenvalue weighted by atomic mass is 9.68. The molecule has 3 fully saturated rings. The number of unbranched alkanes of at least 4 members (excludes halogenated alkanes) is 2. The van der Waals surface area contributed by atoms with E-state index in [9.17, 15) is 26.3 Å². The molecule has 0 spiro atoms. The fourth-order valence-electron chi connectivity index (χ4n) is 7.47. The molecule has 2 aliphatic carbocycles. The molecule has 0 atom stereocenters. The number of alkyl halides is 4. The van der Waals surface area contributed by atoms with Gasteiger partial charge in [-0.15, -0.1) is 0 Å². The molecule has 0 amide bonds. The summed E-state index contributed by atoms with van der Waals surface area (Å²) >= 11 is 0. The SMILES string of the molecule is CCCCCC1COC(c2ccc(C3CCC(C4CCC(C(F)(F)Oc5cc(F)c(OC(F)F)c(F)c5)CC4)CC3)c(F)c2)OC1. The van der Waals surface area contributed by atoms with E-state index in [0.717, 1.165) is 38.5 Å². The van der Waals surface area contributed by atoms with Crippen molar-refractivity contribution in [1.82, 2.24) is 0 Å². The Hall–Kier alpha value is -2.53. The van der Waals surface area contributed by atoms with Crippen LogP contribution in [0, 0.1) is 41.1 Å². The molecule has 0 unspecified atom stereocenters. The molecule has 0 aromatic heterocycles. The maximum absolute atomic E-state index is 15.3. The van der Waals surface area contributed by atoms with E-state index >= 15 is 4.39 Å². The van der Waals surface area contributed by atoms with Crippen molar-refractivity contribution in [3.63, 3.8) is 0 Å². The molecule has 11 heteroatoms. The van der Waals surface area contributed by atoms with Crippen LogP contribution in [0.25, 0.3) is 0 Å². The van der Waals surface area contributed by atoms with Crippen LogP contribution < -0.4 is 9.47 Å². The van der Waals surface area contributed by atoms with Crippen LogP contribution >= 0.6 is 0 Å². The van der Waals surface area contributed by atoms with Crippen molar-refractivity contribution >= 4 is 0 Å². The number of ether oxygens (including phenoxy) is 4. The Morgan fingerprint density at radius 3 is 1.98 bits per heavy atom. The second kappa shape index (κ2) is 15.6. The monoisotopic (exact) mass is 660 g/mol. The van der Waals surface area contributed by atoms with Gasteiger partial charge in [-0.25, -0.2) is 13.2 Å². The lowest BCUT2D eigenvalue weighted by Gasteiger charge is -2.39.